The summed E-state index contributed by atoms with van der Waals surface area (Å²) < 4.78 is 0. The van der Waals surface area contributed by atoms with Crippen molar-refractivity contribution in [3.63, 3.8) is 0 Å². The Morgan fingerprint density at radius 3 is 1.02 bits per heavy atom. The first-order chi connectivity index (χ1) is 20.3. The van der Waals surface area contributed by atoms with Gasteiger partial charge in [-0.2, -0.15) is 0 Å². The third-order valence-electron chi connectivity index (χ3n) is 8.78. The van der Waals surface area contributed by atoms with Gasteiger partial charge in [-0.1, -0.05) is 149 Å². The highest BCUT2D eigenvalue weighted by molar-refractivity contribution is 5.95. The fourth-order valence-corrected chi connectivity index (χ4v) is 6.49. The molecular weight excluding hydrogens is 516 g/mol. The number of rotatable bonds is 9. The van der Waals surface area contributed by atoms with E-state index in [4.69, 9.17) is 0 Å². The Hall–Kier alpha value is -4.63. The van der Waals surface area contributed by atoms with Gasteiger partial charge in [-0.25, -0.2) is 4.79 Å². The number of carboxylic acids is 1. The fraction of sp³-hybridized carbons (Fsp3) is 0.205. The maximum atomic E-state index is 13.2. The van der Waals surface area contributed by atoms with Crippen LogP contribution in [0.15, 0.2) is 121 Å². The summed E-state index contributed by atoms with van der Waals surface area (Å²) in [7, 11) is 0. The van der Waals surface area contributed by atoms with E-state index in [2.05, 4.69) is 52.0 Å². The van der Waals surface area contributed by atoms with Crippen molar-refractivity contribution in [3.8, 4) is 5.75 Å². The van der Waals surface area contributed by atoms with Crippen molar-refractivity contribution in [1.82, 2.24) is 0 Å². The molecule has 0 fully saturated rings. The van der Waals surface area contributed by atoms with Gasteiger partial charge in [0.2, 0.25) is 0 Å². The molecule has 2 N–H and O–H groups in total. The van der Waals surface area contributed by atoms with E-state index >= 15 is 0 Å². The molecule has 42 heavy (non-hydrogen) atoms. The van der Waals surface area contributed by atoms with Gasteiger partial charge in [0.25, 0.3) is 0 Å². The summed E-state index contributed by atoms with van der Waals surface area (Å²) in [6, 6.07) is 40.6. The second-order valence-electron chi connectivity index (χ2n) is 11.2. The number of carbonyl (C=O) groups is 1. The number of aromatic carboxylic acids is 1. The second-order valence-corrected chi connectivity index (χ2v) is 11.2. The molecule has 0 amide bonds. The van der Waals surface area contributed by atoms with Crippen molar-refractivity contribution >= 4 is 5.97 Å². The first kappa shape index (κ1) is 28.9. The van der Waals surface area contributed by atoms with Crippen molar-refractivity contribution < 1.29 is 15.0 Å². The van der Waals surface area contributed by atoms with Crippen LogP contribution in [0.4, 0.5) is 0 Å². The molecule has 0 aromatic heterocycles. The Labute approximate surface area is 249 Å². The minimum absolute atomic E-state index is 0.00840. The van der Waals surface area contributed by atoms with Crippen LogP contribution in [0.5, 0.6) is 5.75 Å². The molecule has 4 atom stereocenters. The summed E-state index contributed by atoms with van der Waals surface area (Å²) in [4.78, 5) is 13.2. The van der Waals surface area contributed by atoms with E-state index in [9.17, 15) is 15.0 Å². The molecule has 0 aliphatic carbocycles. The van der Waals surface area contributed by atoms with Crippen LogP contribution in [0.25, 0.3) is 0 Å². The number of hydrogen-bond donors (Lipinski definition) is 2. The lowest BCUT2D eigenvalue weighted by atomic mass is 9.70. The maximum Gasteiger partial charge on any atom is 0.339 e. The van der Waals surface area contributed by atoms with E-state index in [1.807, 2.05) is 97.1 Å². The van der Waals surface area contributed by atoms with Crippen molar-refractivity contribution in [2.24, 2.45) is 0 Å². The van der Waals surface area contributed by atoms with Crippen LogP contribution in [0.1, 0.15) is 106 Å². The molecule has 5 aromatic rings. The number of aromatic hydroxyl groups is 1. The van der Waals surface area contributed by atoms with Crippen molar-refractivity contribution in [3.05, 3.63) is 171 Å². The quantitative estimate of drug-likeness (QED) is 0.191. The lowest BCUT2D eigenvalue weighted by molar-refractivity contribution is 0.0691. The lowest BCUT2D eigenvalue weighted by Gasteiger charge is -2.34. The predicted octanol–water partition coefficient (Wildman–Crippen LogP) is 9.70. The average Bonchev–Trinajstić information content (AvgIpc) is 3.04. The Morgan fingerprint density at radius 1 is 0.452 bits per heavy atom. The van der Waals surface area contributed by atoms with Gasteiger partial charge in [0, 0.05) is 29.2 Å². The fourth-order valence-electron chi connectivity index (χ4n) is 6.49. The zero-order chi connectivity index (χ0) is 29.8. The molecule has 0 saturated heterocycles. The molecule has 5 rings (SSSR count). The summed E-state index contributed by atoms with van der Waals surface area (Å²) >= 11 is 0. The largest absolute Gasteiger partial charge is 0.507 e. The molecule has 0 aliphatic rings. The van der Waals surface area contributed by atoms with Crippen LogP contribution in [-0.4, -0.2) is 16.2 Å². The number of hydrogen-bond acceptors (Lipinski definition) is 2. The molecule has 212 valence electrons. The normalized spacial score (nSPS) is 14.1. The van der Waals surface area contributed by atoms with E-state index < -0.39 is 5.97 Å². The Balaban J connectivity index is 1.96. The molecule has 0 radical (unpaired) electrons. The molecule has 0 bridgehead atoms. The zero-order valence-corrected chi connectivity index (χ0v) is 24.7. The van der Waals surface area contributed by atoms with Crippen LogP contribution in [0.3, 0.4) is 0 Å². The monoisotopic (exact) mass is 554 g/mol. The van der Waals surface area contributed by atoms with Gasteiger partial charge >= 0.3 is 5.97 Å². The molecule has 3 heteroatoms. The standard InChI is InChI=1S/C39H38O3/c1-25(29-17-9-5-10-18-29)33-34(26(2)30-19-11-6-12-20-30)36(28(4)32-23-15-8-16-24-32)38(40)37(39(41)42)35(33)27(3)31-21-13-7-14-22-31/h5-28,40H,1-4H3,(H,41,42). The highest BCUT2D eigenvalue weighted by Crippen LogP contribution is 2.50. The van der Waals surface area contributed by atoms with E-state index in [0.29, 0.717) is 11.1 Å². The highest BCUT2D eigenvalue weighted by atomic mass is 16.4. The summed E-state index contributed by atoms with van der Waals surface area (Å²) in [5.74, 6) is -2.01. The summed E-state index contributed by atoms with van der Waals surface area (Å²) in [6.07, 6.45) is 0. The topological polar surface area (TPSA) is 57.5 Å². The SMILES string of the molecule is CC(c1ccccc1)c1c(O)c(C(=O)O)c(C(C)c2ccccc2)c(C(C)c2ccccc2)c1C(C)c1ccccc1. The van der Waals surface area contributed by atoms with Crippen LogP contribution in [0, 0.1) is 0 Å². The highest BCUT2D eigenvalue weighted by Gasteiger charge is 2.36. The van der Waals surface area contributed by atoms with Gasteiger partial charge in [0.15, 0.2) is 0 Å². The predicted molar refractivity (Wildman–Crippen MR) is 171 cm³/mol. The summed E-state index contributed by atoms with van der Waals surface area (Å²) in [5, 5.41) is 22.9. The second kappa shape index (κ2) is 12.5. The molecule has 0 aliphatic heterocycles. The molecule has 0 heterocycles. The molecule has 5 aromatic carbocycles. The lowest BCUT2D eigenvalue weighted by Crippen LogP contribution is -2.20. The van der Waals surface area contributed by atoms with Crippen LogP contribution in [0.2, 0.25) is 0 Å². The van der Waals surface area contributed by atoms with E-state index in [0.717, 1.165) is 33.4 Å². The zero-order valence-electron chi connectivity index (χ0n) is 24.7. The molecule has 3 nitrogen and oxygen atoms in total. The van der Waals surface area contributed by atoms with Gasteiger partial charge in [0.1, 0.15) is 11.3 Å². The van der Waals surface area contributed by atoms with Crippen molar-refractivity contribution in [1.29, 1.82) is 0 Å². The first-order valence-corrected chi connectivity index (χ1v) is 14.7. The van der Waals surface area contributed by atoms with Crippen LogP contribution >= 0.6 is 0 Å². The molecular formula is C39H38O3. The number of phenols is 1. The van der Waals surface area contributed by atoms with E-state index in [1.165, 1.54) is 0 Å². The van der Waals surface area contributed by atoms with Crippen molar-refractivity contribution in [2.45, 2.75) is 51.4 Å². The Bertz CT molecular complexity index is 1640. The summed E-state index contributed by atoms with van der Waals surface area (Å²) in [6.45, 7) is 8.44. The van der Waals surface area contributed by atoms with Crippen LogP contribution in [-0.2, 0) is 0 Å². The van der Waals surface area contributed by atoms with Crippen LogP contribution < -0.4 is 0 Å². The van der Waals surface area contributed by atoms with Crippen molar-refractivity contribution in [2.75, 3.05) is 0 Å². The Kier molecular flexibility index (Phi) is 8.59. The van der Waals surface area contributed by atoms with Gasteiger partial charge in [-0.05, 0) is 38.9 Å². The summed E-state index contributed by atoms with van der Waals surface area (Å²) in [5.41, 5.74) is 7.54. The van der Waals surface area contributed by atoms with E-state index in [1.54, 1.807) is 0 Å². The smallest absolute Gasteiger partial charge is 0.339 e. The molecule has 0 saturated carbocycles. The average molecular weight is 555 g/mol. The Morgan fingerprint density at radius 2 is 0.714 bits per heavy atom. The van der Waals surface area contributed by atoms with Gasteiger partial charge in [0.05, 0.1) is 0 Å². The third kappa shape index (κ3) is 5.47. The minimum Gasteiger partial charge on any atom is -0.507 e. The van der Waals surface area contributed by atoms with E-state index in [-0.39, 0.29) is 35.0 Å². The first-order valence-electron chi connectivity index (χ1n) is 14.7. The maximum absolute atomic E-state index is 13.2. The minimum atomic E-state index is -1.12. The number of benzene rings is 5. The third-order valence-corrected chi connectivity index (χ3v) is 8.78. The van der Waals surface area contributed by atoms with Gasteiger partial charge in [-0.3, -0.25) is 0 Å². The van der Waals surface area contributed by atoms with Gasteiger partial charge in [-0.15, -0.1) is 0 Å². The molecule has 0 spiro atoms. The number of carboxylic acid groups (broad SMARTS) is 1. The van der Waals surface area contributed by atoms with Gasteiger partial charge < -0.3 is 10.2 Å². The molecule has 4 unspecified atom stereocenters.